The van der Waals surface area contributed by atoms with Gasteiger partial charge in [0.2, 0.25) is 5.91 Å². The first-order valence-electron chi connectivity index (χ1n) is 6.37. The fraction of sp³-hybridized carbons (Fsp3) is 0.467. The quantitative estimate of drug-likeness (QED) is 0.873. The van der Waals surface area contributed by atoms with E-state index in [4.69, 9.17) is 5.26 Å². The molecular weight excluding hydrogens is 238 g/mol. The van der Waals surface area contributed by atoms with Crippen LogP contribution in [0.5, 0.6) is 0 Å². The maximum absolute atomic E-state index is 11.7. The number of aryl methyl sites for hydroxylation is 1. The fourth-order valence-electron chi connectivity index (χ4n) is 1.69. The summed E-state index contributed by atoms with van der Waals surface area (Å²) in [5.41, 5.74) is 2.26. The van der Waals surface area contributed by atoms with Gasteiger partial charge in [-0.3, -0.25) is 4.79 Å². The number of hydrogen-bond donors (Lipinski definition) is 2. The van der Waals surface area contributed by atoms with Gasteiger partial charge in [0.05, 0.1) is 11.3 Å². The lowest BCUT2D eigenvalue weighted by Gasteiger charge is -2.20. The molecular formula is C15H21N3O. The maximum atomic E-state index is 11.7. The van der Waals surface area contributed by atoms with E-state index in [1.54, 1.807) is 6.07 Å². The van der Waals surface area contributed by atoms with E-state index >= 15 is 0 Å². The zero-order valence-corrected chi connectivity index (χ0v) is 12.0. The van der Waals surface area contributed by atoms with E-state index in [1.165, 1.54) is 0 Å². The predicted octanol–water partition coefficient (Wildman–Crippen LogP) is 2.58. The summed E-state index contributed by atoms with van der Waals surface area (Å²) in [6, 6.07) is 7.74. The zero-order chi connectivity index (χ0) is 14.5. The predicted molar refractivity (Wildman–Crippen MR) is 76.9 cm³/mol. The molecule has 0 saturated heterocycles. The summed E-state index contributed by atoms with van der Waals surface area (Å²) in [4.78, 5) is 11.7. The highest BCUT2D eigenvalue weighted by Crippen LogP contribution is 2.16. The van der Waals surface area contributed by atoms with Gasteiger partial charge in [0, 0.05) is 18.5 Å². The minimum Gasteiger partial charge on any atom is -0.383 e. The second kappa shape index (κ2) is 6.24. The van der Waals surface area contributed by atoms with Gasteiger partial charge >= 0.3 is 0 Å². The first-order chi connectivity index (χ1) is 8.81. The first-order valence-corrected chi connectivity index (χ1v) is 6.37. The summed E-state index contributed by atoms with van der Waals surface area (Å²) in [7, 11) is 0. The molecule has 1 rings (SSSR count). The van der Waals surface area contributed by atoms with Gasteiger partial charge in [-0.2, -0.15) is 5.26 Å². The largest absolute Gasteiger partial charge is 0.383 e. The van der Waals surface area contributed by atoms with Crippen LogP contribution in [0.15, 0.2) is 18.2 Å². The van der Waals surface area contributed by atoms with E-state index in [9.17, 15) is 4.79 Å². The van der Waals surface area contributed by atoms with Gasteiger partial charge in [0.1, 0.15) is 6.07 Å². The Morgan fingerprint density at radius 2 is 2.05 bits per heavy atom. The van der Waals surface area contributed by atoms with Crippen molar-refractivity contribution >= 4 is 11.6 Å². The lowest BCUT2D eigenvalue weighted by atomic mass is 10.1. The molecule has 0 radical (unpaired) electrons. The topological polar surface area (TPSA) is 64.9 Å². The summed E-state index contributed by atoms with van der Waals surface area (Å²) < 4.78 is 0. The van der Waals surface area contributed by atoms with E-state index in [-0.39, 0.29) is 11.4 Å². The molecule has 1 aromatic carbocycles. The van der Waals surface area contributed by atoms with Crippen LogP contribution in [0.4, 0.5) is 5.69 Å². The molecule has 0 saturated carbocycles. The van der Waals surface area contributed by atoms with Crippen LogP contribution < -0.4 is 10.6 Å². The molecule has 4 nitrogen and oxygen atoms in total. The van der Waals surface area contributed by atoms with Crippen molar-refractivity contribution in [2.45, 2.75) is 39.7 Å². The molecule has 0 heterocycles. The van der Waals surface area contributed by atoms with Gasteiger partial charge in [0.25, 0.3) is 0 Å². The normalized spacial score (nSPS) is 10.7. The Kier molecular flexibility index (Phi) is 4.94. The molecule has 0 bridgehead atoms. The molecule has 0 aliphatic carbocycles. The third-order valence-corrected chi connectivity index (χ3v) is 2.48. The molecule has 0 aliphatic heterocycles. The van der Waals surface area contributed by atoms with Crippen LogP contribution in [0.25, 0.3) is 0 Å². The molecule has 1 aromatic rings. The summed E-state index contributed by atoms with van der Waals surface area (Å²) in [5, 5.41) is 15.0. The number of benzene rings is 1. The van der Waals surface area contributed by atoms with E-state index in [0.717, 1.165) is 11.3 Å². The van der Waals surface area contributed by atoms with Crippen LogP contribution in [0.1, 0.15) is 38.3 Å². The Balaban J connectivity index is 2.52. The van der Waals surface area contributed by atoms with Crippen molar-refractivity contribution in [1.82, 2.24) is 5.32 Å². The maximum Gasteiger partial charge on any atom is 0.222 e. The standard InChI is InChI=1S/C15H21N3O/c1-11-5-6-12(10-16)13(9-11)17-8-7-14(19)18-15(2,3)4/h5-6,9,17H,7-8H2,1-4H3,(H,18,19). The van der Waals surface area contributed by atoms with Gasteiger partial charge in [-0.1, -0.05) is 6.07 Å². The van der Waals surface area contributed by atoms with Crippen molar-refractivity contribution in [2.75, 3.05) is 11.9 Å². The number of hydrogen-bond acceptors (Lipinski definition) is 3. The minimum absolute atomic E-state index is 0.00570. The van der Waals surface area contributed by atoms with Gasteiger partial charge in [-0.25, -0.2) is 0 Å². The Morgan fingerprint density at radius 1 is 1.37 bits per heavy atom. The van der Waals surface area contributed by atoms with Crippen molar-refractivity contribution < 1.29 is 4.79 Å². The first kappa shape index (κ1) is 15.0. The van der Waals surface area contributed by atoms with Crippen LogP contribution in [-0.2, 0) is 4.79 Å². The van der Waals surface area contributed by atoms with Crippen LogP contribution in [0.2, 0.25) is 0 Å². The Bertz CT molecular complexity index is 495. The number of carbonyl (C=O) groups is 1. The molecule has 0 aromatic heterocycles. The van der Waals surface area contributed by atoms with Gasteiger partial charge < -0.3 is 10.6 Å². The molecule has 0 unspecified atom stereocenters. The number of nitriles is 1. The van der Waals surface area contributed by atoms with E-state index in [2.05, 4.69) is 16.7 Å². The lowest BCUT2D eigenvalue weighted by Crippen LogP contribution is -2.41. The van der Waals surface area contributed by atoms with E-state index in [1.807, 2.05) is 39.8 Å². The van der Waals surface area contributed by atoms with Gasteiger partial charge in [-0.05, 0) is 45.4 Å². The van der Waals surface area contributed by atoms with Crippen LogP contribution in [-0.4, -0.2) is 18.0 Å². The van der Waals surface area contributed by atoms with Gasteiger partial charge in [0.15, 0.2) is 0 Å². The summed E-state index contributed by atoms with van der Waals surface area (Å²) in [5.74, 6) is 0.00570. The minimum atomic E-state index is -0.210. The molecule has 2 N–H and O–H groups in total. The molecule has 0 fully saturated rings. The number of nitrogens with one attached hydrogen (secondary N) is 2. The average Bonchev–Trinajstić information content (AvgIpc) is 2.27. The number of amides is 1. The number of carbonyl (C=O) groups excluding carboxylic acids is 1. The van der Waals surface area contributed by atoms with E-state index in [0.29, 0.717) is 18.5 Å². The van der Waals surface area contributed by atoms with Crippen LogP contribution >= 0.6 is 0 Å². The second-order valence-corrected chi connectivity index (χ2v) is 5.64. The summed E-state index contributed by atoms with van der Waals surface area (Å²) >= 11 is 0. The van der Waals surface area contributed by atoms with Crippen molar-refractivity contribution in [3.8, 4) is 6.07 Å². The molecule has 19 heavy (non-hydrogen) atoms. The Morgan fingerprint density at radius 3 is 2.63 bits per heavy atom. The Hall–Kier alpha value is -2.02. The lowest BCUT2D eigenvalue weighted by molar-refractivity contribution is -0.122. The second-order valence-electron chi connectivity index (χ2n) is 5.64. The number of rotatable bonds is 4. The third-order valence-electron chi connectivity index (χ3n) is 2.48. The highest BCUT2D eigenvalue weighted by molar-refractivity contribution is 5.77. The average molecular weight is 259 g/mol. The molecule has 4 heteroatoms. The highest BCUT2D eigenvalue weighted by Gasteiger charge is 2.13. The van der Waals surface area contributed by atoms with Crippen molar-refractivity contribution in [3.05, 3.63) is 29.3 Å². The Labute approximate surface area is 114 Å². The highest BCUT2D eigenvalue weighted by atomic mass is 16.1. The molecule has 102 valence electrons. The van der Waals surface area contributed by atoms with Crippen molar-refractivity contribution in [1.29, 1.82) is 5.26 Å². The van der Waals surface area contributed by atoms with E-state index < -0.39 is 0 Å². The molecule has 0 atom stereocenters. The molecule has 0 aliphatic rings. The SMILES string of the molecule is Cc1ccc(C#N)c(NCCC(=O)NC(C)(C)C)c1. The summed E-state index contributed by atoms with van der Waals surface area (Å²) in [6.45, 7) is 8.34. The smallest absolute Gasteiger partial charge is 0.222 e. The fourth-order valence-corrected chi connectivity index (χ4v) is 1.69. The van der Waals surface area contributed by atoms with Crippen molar-refractivity contribution in [2.24, 2.45) is 0 Å². The van der Waals surface area contributed by atoms with Crippen LogP contribution in [0, 0.1) is 18.3 Å². The number of nitrogens with zero attached hydrogens (tertiary/aromatic N) is 1. The molecule has 0 spiro atoms. The van der Waals surface area contributed by atoms with Crippen molar-refractivity contribution in [3.63, 3.8) is 0 Å². The zero-order valence-electron chi connectivity index (χ0n) is 12.0. The molecule has 1 amide bonds. The monoisotopic (exact) mass is 259 g/mol. The summed E-state index contributed by atoms with van der Waals surface area (Å²) in [6.07, 6.45) is 0.385. The van der Waals surface area contributed by atoms with Gasteiger partial charge in [-0.15, -0.1) is 0 Å². The third kappa shape index (κ3) is 5.43. The number of anilines is 1. The van der Waals surface area contributed by atoms with Crippen LogP contribution in [0.3, 0.4) is 0 Å².